The minimum Gasteiger partial charge on any atom is -0.381 e. The Bertz CT molecular complexity index is 348. The van der Waals surface area contributed by atoms with E-state index in [9.17, 15) is 4.79 Å². The average Bonchev–Trinajstić information content (AvgIpc) is 2.14. The van der Waals surface area contributed by atoms with E-state index < -0.39 is 0 Å². The molecule has 1 aromatic rings. The number of rotatable bonds is 3. The average molecular weight is 189 g/mol. The molecule has 72 valence electrons. The Morgan fingerprint density at radius 2 is 2.07 bits per heavy atom. The number of benzene rings is 1. The zero-order chi connectivity index (χ0) is 9.80. The normalized spacial score (nSPS) is 15.7. The molecule has 2 rings (SSSR count). The minimum absolute atomic E-state index is 0.661. The Hall–Kier alpha value is -1.44. The molecule has 0 spiro atoms. The van der Waals surface area contributed by atoms with E-state index >= 15 is 0 Å². The Balaban J connectivity index is 2.01. The summed E-state index contributed by atoms with van der Waals surface area (Å²) in [6, 6.07) is 7.66. The summed E-state index contributed by atoms with van der Waals surface area (Å²) < 4.78 is 5.10. The maximum absolute atomic E-state index is 9.98. The molecule has 0 saturated carbocycles. The van der Waals surface area contributed by atoms with Gasteiger partial charge in [0, 0.05) is 5.92 Å². The third kappa shape index (κ3) is 2.08. The van der Waals surface area contributed by atoms with Crippen molar-refractivity contribution in [3.05, 3.63) is 29.8 Å². The van der Waals surface area contributed by atoms with Crippen molar-refractivity contribution in [3.8, 4) is 0 Å². The molecule has 1 saturated heterocycles. The summed E-state index contributed by atoms with van der Waals surface area (Å²) in [5.41, 5.74) is 1.93. The van der Waals surface area contributed by atoms with E-state index in [4.69, 9.17) is 4.74 Å². The van der Waals surface area contributed by atoms with Gasteiger partial charge in [-0.3, -0.25) is 0 Å². The van der Waals surface area contributed by atoms with Crippen molar-refractivity contribution in [1.82, 2.24) is 0 Å². The lowest BCUT2D eigenvalue weighted by Crippen LogP contribution is -2.29. The SMILES string of the molecule is O=C=Nc1ccc(CC2COC2)cc1. The number of isocyanates is 1. The van der Waals surface area contributed by atoms with Crippen LogP contribution in [0.4, 0.5) is 5.69 Å². The molecule has 1 aliphatic heterocycles. The van der Waals surface area contributed by atoms with Crippen LogP contribution in [0.1, 0.15) is 5.56 Å². The van der Waals surface area contributed by atoms with E-state index in [1.807, 2.05) is 24.3 Å². The third-order valence-corrected chi connectivity index (χ3v) is 2.34. The Morgan fingerprint density at radius 1 is 1.36 bits per heavy atom. The molecule has 0 aromatic heterocycles. The summed E-state index contributed by atoms with van der Waals surface area (Å²) in [4.78, 5) is 13.5. The fourth-order valence-corrected chi connectivity index (χ4v) is 1.49. The molecule has 1 aliphatic rings. The third-order valence-electron chi connectivity index (χ3n) is 2.34. The number of hydrogen-bond donors (Lipinski definition) is 0. The maximum atomic E-state index is 9.98. The predicted molar refractivity (Wildman–Crippen MR) is 52.2 cm³/mol. The summed E-state index contributed by atoms with van der Waals surface area (Å²) in [5, 5.41) is 0. The van der Waals surface area contributed by atoms with Gasteiger partial charge >= 0.3 is 0 Å². The molecule has 0 amide bonds. The van der Waals surface area contributed by atoms with E-state index in [0.29, 0.717) is 11.6 Å². The van der Waals surface area contributed by atoms with Crippen molar-refractivity contribution < 1.29 is 9.53 Å². The molecular weight excluding hydrogens is 178 g/mol. The smallest absolute Gasteiger partial charge is 0.240 e. The molecule has 0 atom stereocenters. The predicted octanol–water partition coefficient (Wildman–Crippen LogP) is 1.84. The van der Waals surface area contributed by atoms with Crippen LogP contribution in [0.2, 0.25) is 0 Å². The van der Waals surface area contributed by atoms with Crippen LogP contribution in [0, 0.1) is 5.92 Å². The first-order valence-electron chi connectivity index (χ1n) is 4.63. The second-order valence-electron chi connectivity index (χ2n) is 3.48. The van der Waals surface area contributed by atoms with Crippen LogP contribution in [-0.4, -0.2) is 19.3 Å². The molecule has 0 bridgehead atoms. The first-order chi connectivity index (χ1) is 6.88. The van der Waals surface area contributed by atoms with Gasteiger partial charge in [-0.1, -0.05) is 12.1 Å². The summed E-state index contributed by atoms with van der Waals surface area (Å²) in [6.45, 7) is 1.74. The maximum Gasteiger partial charge on any atom is 0.240 e. The molecular formula is C11H11NO2. The van der Waals surface area contributed by atoms with Crippen LogP contribution in [0.3, 0.4) is 0 Å². The molecule has 1 heterocycles. The van der Waals surface area contributed by atoms with Gasteiger partial charge in [0.2, 0.25) is 6.08 Å². The van der Waals surface area contributed by atoms with Crippen LogP contribution in [0.5, 0.6) is 0 Å². The molecule has 0 N–H and O–H groups in total. The van der Waals surface area contributed by atoms with Gasteiger partial charge in [-0.25, -0.2) is 4.79 Å². The first kappa shape index (κ1) is 9.13. The van der Waals surface area contributed by atoms with E-state index in [1.54, 1.807) is 0 Å². The van der Waals surface area contributed by atoms with Gasteiger partial charge in [0.15, 0.2) is 0 Å². The minimum atomic E-state index is 0.661. The topological polar surface area (TPSA) is 38.7 Å². The highest BCUT2D eigenvalue weighted by molar-refractivity contribution is 5.49. The van der Waals surface area contributed by atoms with Crippen LogP contribution in [0.15, 0.2) is 29.3 Å². The fourth-order valence-electron chi connectivity index (χ4n) is 1.49. The monoisotopic (exact) mass is 189 g/mol. The lowest BCUT2D eigenvalue weighted by Gasteiger charge is -2.25. The molecule has 3 nitrogen and oxygen atoms in total. The van der Waals surface area contributed by atoms with Crippen LogP contribution < -0.4 is 0 Å². The molecule has 0 radical (unpaired) electrons. The van der Waals surface area contributed by atoms with E-state index in [-0.39, 0.29) is 0 Å². The summed E-state index contributed by atoms with van der Waals surface area (Å²) >= 11 is 0. The van der Waals surface area contributed by atoms with E-state index in [0.717, 1.165) is 19.6 Å². The number of nitrogens with zero attached hydrogens (tertiary/aromatic N) is 1. The largest absolute Gasteiger partial charge is 0.381 e. The van der Waals surface area contributed by atoms with Crippen LogP contribution in [-0.2, 0) is 16.0 Å². The molecule has 0 aliphatic carbocycles. The van der Waals surface area contributed by atoms with Gasteiger partial charge in [0.1, 0.15) is 0 Å². The highest BCUT2D eigenvalue weighted by atomic mass is 16.5. The van der Waals surface area contributed by atoms with Gasteiger partial charge in [-0.05, 0) is 24.1 Å². The molecule has 0 unspecified atom stereocenters. The highest BCUT2D eigenvalue weighted by Gasteiger charge is 2.18. The van der Waals surface area contributed by atoms with Crippen molar-refractivity contribution in [2.75, 3.05) is 13.2 Å². The van der Waals surface area contributed by atoms with Crippen molar-refractivity contribution in [2.24, 2.45) is 10.9 Å². The van der Waals surface area contributed by atoms with Crippen molar-refractivity contribution in [3.63, 3.8) is 0 Å². The van der Waals surface area contributed by atoms with Gasteiger partial charge in [-0.2, -0.15) is 4.99 Å². The number of hydrogen-bond acceptors (Lipinski definition) is 3. The standard InChI is InChI=1S/C11H11NO2/c13-8-12-11-3-1-9(2-4-11)5-10-6-14-7-10/h1-4,10H,5-7H2. The first-order valence-corrected chi connectivity index (χ1v) is 4.63. The second kappa shape index (κ2) is 4.18. The van der Waals surface area contributed by atoms with Crippen molar-refractivity contribution >= 4 is 11.8 Å². The Morgan fingerprint density at radius 3 is 2.57 bits per heavy atom. The zero-order valence-corrected chi connectivity index (χ0v) is 7.77. The fraction of sp³-hybridized carbons (Fsp3) is 0.364. The van der Waals surface area contributed by atoms with Gasteiger partial charge < -0.3 is 4.74 Å². The quantitative estimate of drug-likeness (QED) is 0.537. The molecule has 14 heavy (non-hydrogen) atoms. The summed E-state index contributed by atoms with van der Waals surface area (Å²) in [6.07, 6.45) is 2.57. The molecule has 3 heteroatoms. The number of aliphatic imine (C=N–C) groups is 1. The van der Waals surface area contributed by atoms with E-state index in [1.165, 1.54) is 11.6 Å². The lowest BCUT2D eigenvalue weighted by molar-refractivity contribution is -0.0312. The summed E-state index contributed by atoms with van der Waals surface area (Å²) in [7, 11) is 0. The Labute approximate surface area is 82.4 Å². The lowest BCUT2D eigenvalue weighted by atomic mass is 9.98. The van der Waals surface area contributed by atoms with Gasteiger partial charge in [-0.15, -0.1) is 0 Å². The van der Waals surface area contributed by atoms with Crippen molar-refractivity contribution in [1.29, 1.82) is 0 Å². The second-order valence-corrected chi connectivity index (χ2v) is 3.48. The van der Waals surface area contributed by atoms with Gasteiger partial charge in [0.25, 0.3) is 0 Å². The molecule has 1 aromatic carbocycles. The number of carbonyl (C=O) groups excluding carboxylic acids is 1. The van der Waals surface area contributed by atoms with E-state index in [2.05, 4.69) is 4.99 Å². The Kier molecular flexibility index (Phi) is 2.73. The highest BCUT2D eigenvalue weighted by Crippen LogP contribution is 2.19. The van der Waals surface area contributed by atoms with Gasteiger partial charge in [0.05, 0.1) is 18.9 Å². The molecule has 1 fully saturated rings. The zero-order valence-electron chi connectivity index (χ0n) is 7.77. The van der Waals surface area contributed by atoms with Crippen LogP contribution in [0.25, 0.3) is 0 Å². The van der Waals surface area contributed by atoms with Crippen molar-refractivity contribution in [2.45, 2.75) is 6.42 Å². The number of ether oxygens (including phenoxy) is 1. The van der Waals surface area contributed by atoms with Crippen LogP contribution >= 0.6 is 0 Å². The summed E-state index contributed by atoms with van der Waals surface area (Å²) in [5.74, 6) is 0.662.